The van der Waals surface area contributed by atoms with Gasteiger partial charge in [-0.25, -0.2) is 0 Å². The zero-order chi connectivity index (χ0) is 45.2. The molecular formula is C60H69BN2O. The van der Waals surface area contributed by atoms with Crippen molar-refractivity contribution < 1.29 is 4.42 Å². The number of allylic oxidation sites excluding steroid dienone is 7. The minimum Gasteiger partial charge on any atom is -0.468 e. The molecule has 0 fully saturated rings. The third kappa shape index (κ3) is 6.12. The first-order valence-corrected chi connectivity index (χ1v) is 24.4. The van der Waals surface area contributed by atoms with Crippen LogP contribution < -0.4 is 26.4 Å². The first-order chi connectivity index (χ1) is 30.0. The topological polar surface area (TPSA) is 19.6 Å². The van der Waals surface area contributed by atoms with E-state index in [2.05, 4.69) is 192 Å². The summed E-state index contributed by atoms with van der Waals surface area (Å²) in [6.07, 6.45) is 16.7. The Labute approximate surface area is 384 Å². The largest absolute Gasteiger partial charge is 0.468 e. The molecule has 4 aromatic carbocycles. The molecule has 3 nitrogen and oxygen atoms in total. The molecule has 3 aliphatic carbocycles. The second-order valence-corrected chi connectivity index (χ2v) is 24.6. The standard InChI is InChI=1S/C60H69BN2O/c1-35-25-50-53-51(26-35)63(48-21-19-38(27-37(48)3)43-18-16-15-17-36(43)2)49-33-46-45(57(7,8)23-24-58(46,9)10)32-47(49)61(53)55-54-44-31-39(20-22-52(44)64-55)59(11,12)34-60(13,14)41-28-40(56(4,5)6)29-42(30-41)62(50)54/h16,18-22,25-27,29-33,41H,15,17,23-24,28,34H2,1-14H3. The van der Waals surface area contributed by atoms with Crippen LogP contribution in [-0.4, -0.2) is 6.71 Å². The lowest BCUT2D eigenvalue weighted by Gasteiger charge is -2.47. The molecule has 4 heterocycles. The molecule has 4 bridgehead atoms. The Morgan fingerprint density at radius 3 is 2.12 bits per heavy atom. The third-order valence-corrected chi connectivity index (χ3v) is 17.0. The predicted octanol–water partition coefficient (Wildman–Crippen LogP) is 14.9. The minimum absolute atomic E-state index is 0.0289. The highest BCUT2D eigenvalue weighted by atomic mass is 16.3. The summed E-state index contributed by atoms with van der Waals surface area (Å²) < 4.78 is 7.47. The lowest BCUT2D eigenvalue weighted by atomic mass is 9.35. The third-order valence-electron chi connectivity index (χ3n) is 17.0. The average Bonchev–Trinajstić information content (AvgIpc) is 3.59. The smallest absolute Gasteiger partial charge is 0.297 e. The highest BCUT2D eigenvalue weighted by Gasteiger charge is 2.50. The molecule has 0 spiro atoms. The fraction of sp³-hybridized carbons (Fsp3) is 0.433. The lowest BCUT2D eigenvalue weighted by Crippen LogP contribution is -2.61. The molecule has 1 atom stereocenters. The second kappa shape index (κ2) is 13.6. The molecule has 5 aromatic rings. The second-order valence-electron chi connectivity index (χ2n) is 24.6. The van der Waals surface area contributed by atoms with E-state index in [0.717, 1.165) is 36.9 Å². The van der Waals surface area contributed by atoms with Crippen LogP contribution in [0.25, 0.3) is 16.5 Å². The average molecular weight is 845 g/mol. The molecule has 6 aliphatic rings. The number of aryl methyl sites for hydroxylation is 2. The van der Waals surface area contributed by atoms with E-state index in [4.69, 9.17) is 4.42 Å². The Morgan fingerprint density at radius 1 is 0.734 bits per heavy atom. The van der Waals surface area contributed by atoms with Gasteiger partial charge >= 0.3 is 0 Å². The summed E-state index contributed by atoms with van der Waals surface area (Å²) in [4.78, 5) is 5.32. The molecule has 0 radical (unpaired) electrons. The van der Waals surface area contributed by atoms with Crippen molar-refractivity contribution in [2.75, 3.05) is 9.80 Å². The van der Waals surface area contributed by atoms with Crippen LogP contribution >= 0.6 is 0 Å². The molecule has 0 saturated carbocycles. The van der Waals surface area contributed by atoms with Crippen LogP contribution in [-0.2, 0) is 16.2 Å². The number of nitrogens with zero attached hydrogens (tertiary/aromatic N) is 2. The molecule has 4 heteroatoms. The molecular weight excluding hydrogens is 775 g/mol. The Hall–Kier alpha value is -4.96. The number of anilines is 5. The quantitative estimate of drug-likeness (QED) is 0.162. The van der Waals surface area contributed by atoms with Gasteiger partial charge in [0.05, 0.1) is 11.3 Å². The van der Waals surface area contributed by atoms with Gasteiger partial charge in [0.1, 0.15) is 5.58 Å². The first kappa shape index (κ1) is 41.7. The Morgan fingerprint density at radius 2 is 1.44 bits per heavy atom. The lowest BCUT2D eigenvalue weighted by molar-refractivity contribution is 0.180. The van der Waals surface area contributed by atoms with Gasteiger partial charge in [-0.1, -0.05) is 124 Å². The van der Waals surface area contributed by atoms with Crippen molar-refractivity contribution in [2.45, 2.75) is 152 Å². The van der Waals surface area contributed by atoms with Crippen LogP contribution in [0.5, 0.6) is 0 Å². The summed E-state index contributed by atoms with van der Waals surface area (Å²) in [5.74, 6) is 0.370. The van der Waals surface area contributed by atoms with Gasteiger partial charge in [-0.2, -0.15) is 0 Å². The molecule has 0 saturated heterocycles. The van der Waals surface area contributed by atoms with Gasteiger partial charge in [-0.05, 0) is 191 Å². The van der Waals surface area contributed by atoms with Gasteiger partial charge in [0, 0.05) is 33.8 Å². The van der Waals surface area contributed by atoms with Crippen LogP contribution in [0, 0.1) is 30.6 Å². The summed E-state index contributed by atoms with van der Waals surface area (Å²) in [6, 6.07) is 24.6. The molecule has 64 heavy (non-hydrogen) atoms. The predicted molar refractivity (Wildman–Crippen MR) is 275 cm³/mol. The zero-order valence-electron chi connectivity index (χ0n) is 41.3. The van der Waals surface area contributed by atoms with E-state index in [1.54, 1.807) is 0 Å². The highest BCUT2D eigenvalue weighted by Crippen LogP contribution is 2.54. The summed E-state index contributed by atoms with van der Waals surface area (Å²) >= 11 is 0. The summed E-state index contributed by atoms with van der Waals surface area (Å²) in [6.45, 7) is 34.0. The van der Waals surface area contributed by atoms with Gasteiger partial charge < -0.3 is 14.2 Å². The maximum absolute atomic E-state index is 7.47. The minimum atomic E-state index is -0.0783. The van der Waals surface area contributed by atoms with Crippen LogP contribution in [0.4, 0.5) is 28.4 Å². The van der Waals surface area contributed by atoms with Crippen molar-refractivity contribution in [1.29, 1.82) is 0 Å². The summed E-state index contributed by atoms with van der Waals surface area (Å²) in [5.41, 5.74) is 25.1. The Balaban J connectivity index is 1.26. The first-order valence-electron chi connectivity index (χ1n) is 24.4. The van der Waals surface area contributed by atoms with E-state index in [0.29, 0.717) is 5.92 Å². The summed E-state index contributed by atoms with van der Waals surface area (Å²) in [5, 5.41) is 1.22. The van der Waals surface area contributed by atoms with E-state index in [9.17, 15) is 0 Å². The van der Waals surface area contributed by atoms with E-state index >= 15 is 0 Å². The SMILES string of the molecule is CC1=C(c2ccc(N3c4cc5c(cc4B4c6oc7ccc8cc7c6N(C6=CC(CC(C(C)(C)C)=C6)C(C)(C)CC8(C)C)c6cc(C)cc3c64)C(C)(C)CCC5(C)C)c(C)c2)C=CCC1. The van der Waals surface area contributed by atoms with Crippen LogP contribution in [0.1, 0.15) is 155 Å². The molecule has 3 aliphatic heterocycles. The van der Waals surface area contributed by atoms with Crippen LogP contribution in [0.15, 0.2) is 106 Å². The van der Waals surface area contributed by atoms with Crippen molar-refractivity contribution >= 4 is 68.3 Å². The van der Waals surface area contributed by atoms with E-state index in [1.807, 2.05) is 0 Å². The Bertz CT molecular complexity index is 2990. The molecule has 328 valence electrons. The maximum atomic E-state index is 7.47. The fourth-order valence-electron chi connectivity index (χ4n) is 13.1. The normalized spacial score (nSPS) is 22.2. The van der Waals surface area contributed by atoms with Gasteiger partial charge in [0.15, 0.2) is 0 Å². The number of hydrogen-bond acceptors (Lipinski definition) is 3. The molecule has 11 rings (SSSR count). The fourth-order valence-corrected chi connectivity index (χ4v) is 13.1. The van der Waals surface area contributed by atoms with Crippen molar-refractivity contribution in [3.05, 3.63) is 135 Å². The van der Waals surface area contributed by atoms with E-state index < -0.39 is 0 Å². The van der Waals surface area contributed by atoms with Crippen molar-refractivity contribution in [1.82, 2.24) is 0 Å². The van der Waals surface area contributed by atoms with Crippen molar-refractivity contribution in [2.24, 2.45) is 16.7 Å². The van der Waals surface area contributed by atoms with Crippen molar-refractivity contribution in [3.8, 4) is 0 Å². The van der Waals surface area contributed by atoms with Crippen molar-refractivity contribution in [3.63, 3.8) is 0 Å². The van der Waals surface area contributed by atoms with Crippen LogP contribution in [0.2, 0.25) is 0 Å². The van der Waals surface area contributed by atoms with E-state index in [-0.39, 0.29) is 33.8 Å². The van der Waals surface area contributed by atoms with Gasteiger partial charge in [-0.15, -0.1) is 0 Å². The van der Waals surface area contributed by atoms with Gasteiger partial charge in [-0.3, -0.25) is 0 Å². The number of benzene rings is 4. The van der Waals surface area contributed by atoms with Gasteiger partial charge in [0.25, 0.3) is 6.71 Å². The number of fused-ring (bicyclic) bond motifs is 8. The van der Waals surface area contributed by atoms with Gasteiger partial charge in [0.2, 0.25) is 0 Å². The maximum Gasteiger partial charge on any atom is 0.297 e. The molecule has 1 unspecified atom stereocenters. The summed E-state index contributed by atoms with van der Waals surface area (Å²) in [7, 11) is 0. The number of furan rings is 1. The molecule has 1 aromatic heterocycles. The zero-order valence-corrected chi connectivity index (χ0v) is 41.3. The molecule has 0 amide bonds. The number of hydrogen-bond donors (Lipinski definition) is 0. The van der Waals surface area contributed by atoms with Crippen LogP contribution in [0.3, 0.4) is 0 Å². The monoisotopic (exact) mass is 845 g/mol. The Kier molecular flexibility index (Phi) is 8.84. The van der Waals surface area contributed by atoms with E-state index in [1.165, 1.54) is 113 Å². The molecule has 0 N–H and O–H groups in total. The highest BCUT2D eigenvalue weighted by molar-refractivity contribution is 7.00. The number of rotatable bonds is 2.